The summed E-state index contributed by atoms with van der Waals surface area (Å²) < 4.78 is 68.3. The monoisotopic (exact) mass is 1340 g/mol. The molecule has 19 heteroatoms. The van der Waals surface area contributed by atoms with Gasteiger partial charge in [0, 0.05) is 25.7 Å². The van der Waals surface area contributed by atoms with Gasteiger partial charge in [0.1, 0.15) is 19.3 Å². The van der Waals surface area contributed by atoms with E-state index in [0.717, 1.165) is 102 Å². The van der Waals surface area contributed by atoms with Crippen LogP contribution >= 0.6 is 15.6 Å². The molecular formula is C72H140O17P2. The van der Waals surface area contributed by atoms with Crippen LogP contribution < -0.4 is 0 Å². The first-order valence-electron chi connectivity index (χ1n) is 37.7. The predicted octanol–water partition coefficient (Wildman–Crippen LogP) is 20.9. The number of aliphatic hydroxyl groups excluding tert-OH is 1. The zero-order valence-electron chi connectivity index (χ0n) is 59.0. The molecule has 0 rings (SSSR count). The summed E-state index contributed by atoms with van der Waals surface area (Å²) in [7, 11) is -9.90. The lowest BCUT2D eigenvalue weighted by molar-refractivity contribution is -0.161. The molecule has 3 N–H and O–H groups in total. The molecule has 0 fully saturated rings. The Bertz CT molecular complexity index is 1760. The number of unbranched alkanes of at least 4 members (excludes halogenated alkanes) is 43. The second-order valence-corrected chi connectivity index (χ2v) is 29.1. The Morgan fingerprint density at radius 2 is 0.527 bits per heavy atom. The normalized spacial score (nSPS) is 14.3. The molecule has 0 aliphatic rings. The maximum absolute atomic E-state index is 13.0. The Kier molecular flexibility index (Phi) is 64.0. The maximum atomic E-state index is 13.0. The van der Waals surface area contributed by atoms with Gasteiger partial charge in [0.25, 0.3) is 0 Å². The highest BCUT2D eigenvalue weighted by Gasteiger charge is 2.30. The number of phosphoric acid groups is 2. The third-order valence-corrected chi connectivity index (χ3v) is 19.0. The Hall–Kier alpha value is -1.94. The molecule has 91 heavy (non-hydrogen) atoms. The van der Waals surface area contributed by atoms with Crippen LogP contribution in [0.15, 0.2) is 0 Å². The van der Waals surface area contributed by atoms with Crippen LogP contribution in [-0.4, -0.2) is 96.7 Å². The number of ether oxygens (including phenoxy) is 4. The van der Waals surface area contributed by atoms with Crippen molar-refractivity contribution in [2.45, 2.75) is 393 Å². The smallest absolute Gasteiger partial charge is 0.462 e. The molecule has 0 bridgehead atoms. The molecule has 0 amide bonds. The van der Waals surface area contributed by atoms with Crippen LogP contribution in [0, 0.1) is 5.92 Å². The Labute approximate surface area is 556 Å². The lowest BCUT2D eigenvalue weighted by atomic mass is 9.99. The minimum atomic E-state index is -4.95. The third kappa shape index (κ3) is 65.1. The topological polar surface area (TPSA) is 237 Å². The summed E-state index contributed by atoms with van der Waals surface area (Å²) in [6.45, 7) is 7.27. The van der Waals surface area contributed by atoms with Crippen LogP contribution in [0.1, 0.15) is 375 Å². The van der Waals surface area contributed by atoms with Gasteiger partial charge in [-0.2, -0.15) is 0 Å². The van der Waals surface area contributed by atoms with Crippen molar-refractivity contribution in [3.63, 3.8) is 0 Å². The summed E-state index contributed by atoms with van der Waals surface area (Å²) >= 11 is 0. The minimum absolute atomic E-state index is 0.107. The van der Waals surface area contributed by atoms with Gasteiger partial charge in [-0.1, -0.05) is 324 Å². The van der Waals surface area contributed by atoms with Gasteiger partial charge in [-0.15, -0.1) is 0 Å². The molecule has 17 nitrogen and oxygen atoms in total. The predicted molar refractivity (Wildman–Crippen MR) is 368 cm³/mol. The summed E-state index contributed by atoms with van der Waals surface area (Å²) in [6, 6.07) is 0. The molecule has 0 aromatic heterocycles. The zero-order valence-corrected chi connectivity index (χ0v) is 60.8. The van der Waals surface area contributed by atoms with Gasteiger partial charge in [0.05, 0.1) is 26.4 Å². The molecule has 0 aliphatic carbocycles. The fourth-order valence-electron chi connectivity index (χ4n) is 11.0. The van der Waals surface area contributed by atoms with E-state index in [0.29, 0.717) is 25.7 Å². The summed E-state index contributed by atoms with van der Waals surface area (Å²) in [5, 5.41) is 10.6. The molecule has 0 heterocycles. The summed E-state index contributed by atoms with van der Waals surface area (Å²) in [4.78, 5) is 72.6. The van der Waals surface area contributed by atoms with Crippen molar-refractivity contribution in [3.05, 3.63) is 0 Å². The number of carbonyl (C=O) groups excluding carboxylic acids is 4. The average Bonchev–Trinajstić information content (AvgIpc) is 3.74. The van der Waals surface area contributed by atoms with E-state index < -0.39 is 97.5 Å². The molecule has 0 spiro atoms. The van der Waals surface area contributed by atoms with Crippen LogP contribution in [0.25, 0.3) is 0 Å². The van der Waals surface area contributed by atoms with Gasteiger partial charge < -0.3 is 33.8 Å². The fourth-order valence-corrected chi connectivity index (χ4v) is 12.5. The Morgan fingerprint density at radius 3 is 0.780 bits per heavy atom. The minimum Gasteiger partial charge on any atom is -0.462 e. The van der Waals surface area contributed by atoms with Crippen LogP contribution in [0.5, 0.6) is 0 Å². The van der Waals surface area contributed by atoms with Crippen LogP contribution in [-0.2, 0) is 65.4 Å². The van der Waals surface area contributed by atoms with Crippen LogP contribution in [0.2, 0.25) is 0 Å². The molecule has 0 radical (unpaired) electrons. The highest BCUT2D eigenvalue weighted by molar-refractivity contribution is 7.47. The van der Waals surface area contributed by atoms with Gasteiger partial charge in [0.15, 0.2) is 12.2 Å². The number of hydrogen-bond donors (Lipinski definition) is 3. The third-order valence-electron chi connectivity index (χ3n) is 17.1. The Morgan fingerprint density at radius 1 is 0.308 bits per heavy atom. The van der Waals surface area contributed by atoms with Crippen LogP contribution in [0.3, 0.4) is 0 Å². The molecule has 6 atom stereocenters. The van der Waals surface area contributed by atoms with E-state index in [1.54, 1.807) is 0 Å². The maximum Gasteiger partial charge on any atom is 0.472 e. The number of aliphatic hydroxyl groups is 1. The second-order valence-electron chi connectivity index (χ2n) is 26.2. The van der Waals surface area contributed by atoms with E-state index in [2.05, 4.69) is 34.6 Å². The molecule has 0 aromatic rings. The number of rotatable bonds is 72. The standard InChI is InChI=1S/C72H140O17P2/c1-6-10-13-16-19-22-24-26-27-28-29-30-32-38-43-48-53-58-72(77)89-68(62-83-70(75)56-51-46-41-36-34-33-35-39-44-49-54-65(5)9-4)64-87-91(80,81)85-60-66(73)59-84-90(78,79)86-63-67(61-82-69(74)55-50-45-40-21-18-15-12-8-3)88-71(76)57-52-47-42-37-31-25-23-20-17-14-11-7-2/h65-68,73H,6-64H2,1-5H3,(H,78,79)(H,80,81)/t65?,66-,67+,68+/m0/s1. The molecule has 540 valence electrons. The summed E-state index contributed by atoms with van der Waals surface area (Å²) in [5.74, 6) is -1.31. The number of esters is 4. The largest absolute Gasteiger partial charge is 0.472 e. The van der Waals surface area contributed by atoms with Crippen molar-refractivity contribution < 1.29 is 80.2 Å². The number of carbonyl (C=O) groups is 4. The number of hydrogen-bond acceptors (Lipinski definition) is 15. The quantitative estimate of drug-likeness (QED) is 0.0222. The zero-order chi connectivity index (χ0) is 67.0. The average molecular weight is 1340 g/mol. The van der Waals surface area contributed by atoms with Gasteiger partial charge >= 0.3 is 39.5 Å². The molecule has 0 aromatic carbocycles. The first-order chi connectivity index (χ1) is 44.1. The van der Waals surface area contributed by atoms with Crippen molar-refractivity contribution in [3.8, 4) is 0 Å². The van der Waals surface area contributed by atoms with Gasteiger partial charge in [-0.05, 0) is 31.6 Å². The van der Waals surface area contributed by atoms with Crippen molar-refractivity contribution in [2.75, 3.05) is 39.6 Å². The van der Waals surface area contributed by atoms with Crippen LogP contribution in [0.4, 0.5) is 0 Å². The van der Waals surface area contributed by atoms with E-state index in [1.165, 1.54) is 193 Å². The summed E-state index contributed by atoms with van der Waals surface area (Å²) in [6.07, 6.45) is 52.6. The van der Waals surface area contributed by atoms with Gasteiger partial charge in [0.2, 0.25) is 0 Å². The van der Waals surface area contributed by atoms with Gasteiger partial charge in [-0.3, -0.25) is 37.3 Å². The fraction of sp³-hybridized carbons (Fsp3) is 0.944. The molecule has 3 unspecified atom stereocenters. The summed E-state index contributed by atoms with van der Waals surface area (Å²) in [5.41, 5.74) is 0. The van der Waals surface area contributed by atoms with Crippen molar-refractivity contribution in [2.24, 2.45) is 5.92 Å². The molecular weight excluding hydrogens is 1200 g/mol. The van der Waals surface area contributed by atoms with Gasteiger partial charge in [-0.25, -0.2) is 9.13 Å². The Balaban J connectivity index is 5.22. The molecule has 0 aliphatic heterocycles. The molecule has 0 saturated heterocycles. The first-order valence-corrected chi connectivity index (χ1v) is 40.7. The van der Waals surface area contributed by atoms with Crippen molar-refractivity contribution in [1.82, 2.24) is 0 Å². The van der Waals surface area contributed by atoms with E-state index >= 15 is 0 Å². The van der Waals surface area contributed by atoms with E-state index in [-0.39, 0.29) is 25.7 Å². The molecule has 0 saturated carbocycles. The highest BCUT2D eigenvalue weighted by atomic mass is 31.2. The SMILES string of the molecule is CCCCCCCCCCCCCCCCCCCC(=O)O[C@H](COC(=O)CCCCCCCCCCCCC(C)CC)COP(=O)(O)OC[C@@H](O)COP(=O)(O)OC[C@@H](COC(=O)CCCCCCCCCC)OC(=O)CCCCCCCCCCCCCC. The van der Waals surface area contributed by atoms with Crippen molar-refractivity contribution in [1.29, 1.82) is 0 Å². The van der Waals surface area contributed by atoms with E-state index in [9.17, 15) is 43.2 Å². The lowest BCUT2D eigenvalue weighted by Crippen LogP contribution is -2.30. The van der Waals surface area contributed by atoms with E-state index in [4.69, 9.17) is 37.0 Å². The number of phosphoric ester groups is 2. The lowest BCUT2D eigenvalue weighted by Gasteiger charge is -2.21. The second kappa shape index (κ2) is 65.4. The first kappa shape index (κ1) is 89.1. The van der Waals surface area contributed by atoms with Crippen molar-refractivity contribution >= 4 is 39.5 Å². The highest BCUT2D eigenvalue weighted by Crippen LogP contribution is 2.45. The van der Waals surface area contributed by atoms with E-state index in [1.807, 2.05) is 0 Å².